The number of carboxylic acid groups (broad SMARTS) is 1. The van der Waals surface area contributed by atoms with E-state index in [0.717, 1.165) is 0 Å². The topological polar surface area (TPSA) is 74.6 Å². The van der Waals surface area contributed by atoms with Crippen molar-refractivity contribution in [3.63, 3.8) is 0 Å². The minimum Gasteiger partial charge on any atom is -0.505 e. The molecule has 0 aromatic carbocycles. The monoisotopic (exact) mass is 130 g/mol. The summed E-state index contributed by atoms with van der Waals surface area (Å²) in [5, 5.41) is 16.2. The number of carbonyl (C=O) groups is 2. The molecule has 9 heavy (non-hydrogen) atoms. The molecule has 0 unspecified atom stereocenters. The summed E-state index contributed by atoms with van der Waals surface area (Å²) in [7, 11) is 0. The maximum absolute atomic E-state index is 10.2. The Morgan fingerprint density at radius 1 is 1.33 bits per heavy atom. The molecule has 0 spiro atoms. The van der Waals surface area contributed by atoms with E-state index in [9.17, 15) is 9.59 Å². The summed E-state index contributed by atoms with van der Waals surface area (Å²) in [6.45, 7) is 2.85. The number of allylic oxidation sites excluding steroid dienone is 1. The van der Waals surface area contributed by atoms with E-state index in [2.05, 4.69) is 6.58 Å². The Morgan fingerprint density at radius 3 is 1.89 bits per heavy atom. The zero-order valence-electron chi connectivity index (χ0n) is 4.63. The second-order valence-corrected chi connectivity index (χ2v) is 1.44. The molecule has 0 aliphatic rings. The van der Waals surface area contributed by atoms with Gasteiger partial charge in [0.15, 0.2) is 5.76 Å². The molecule has 0 amide bonds. The molecule has 0 radical (unpaired) electrons. The molecule has 2 N–H and O–H groups in total. The van der Waals surface area contributed by atoms with Gasteiger partial charge in [-0.3, -0.25) is 9.59 Å². The predicted molar refractivity (Wildman–Crippen MR) is 29.0 cm³/mol. The van der Waals surface area contributed by atoms with Crippen LogP contribution in [0, 0.1) is 0 Å². The lowest BCUT2D eigenvalue weighted by atomic mass is 10.2. The molecule has 0 saturated heterocycles. The number of hydrogen-bond acceptors (Lipinski definition) is 3. The van der Waals surface area contributed by atoms with Crippen molar-refractivity contribution in [1.29, 1.82) is 0 Å². The highest BCUT2D eigenvalue weighted by Gasteiger charge is 2.09. The molecule has 0 heterocycles. The van der Waals surface area contributed by atoms with E-state index in [1.807, 2.05) is 0 Å². The molecule has 50 valence electrons. The van der Waals surface area contributed by atoms with Gasteiger partial charge in [0, 0.05) is 0 Å². The Morgan fingerprint density at radius 2 is 1.78 bits per heavy atom. The van der Waals surface area contributed by atoms with Crippen molar-refractivity contribution in [3.8, 4) is 0 Å². The average Bonchev–Trinajstić information content (AvgIpc) is 1.63. The zero-order valence-corrected chi connectivity index (χ0v) is 4.63. The Hall–Kier alpha value is -1.32. The number of aliphatic hydroxyl groups excluding tert-OH is 1. The molecule has 0 aliphatic heterocycles. The first-order valence-electron chi connectivity index (χ1n) is 2.17. The van der Waals surface area contributed by atoms with E-state index in [0.29, 0.717) is 0 Å². The molecule has 0 fully saturated rings. The molecule has 0 aliphatic carbocycles. The van der Waals surface area contributed by atoms with Crippen LogP contribution in [0.4, 0.5) is 0 Å². The van der Waals surface area contributed by atoms with Gasteiger partial charge in [0.2, 0.25) is 5.78 Å². The summed E-state index contributed by atoms with van der Waals surface area (Å²) in [5.74, 6) is -2.84. The Balaban J connectivity index is 3.79. The second-order valence-electron chi connectivity index (χ2n) is 1.44. The van der Waals surface area contributed by atoms with Gasteiger partial charge in [-0.2, -0.15) is 0 Å². The van der Waals surface area contributed by atoms with E-state index in [4.69, 9.17) is 10.2 Å². The smallest absolute Gasteiger partial charge is 0.311 e. The minimum atomic E-state index is -1.27. The number of Topliss-reactive ketones (excluding diaryl/α,β-unsaturated/α-hetero) is 1. The van der Waals surface area contributed by atoms with Gasteiger partial charge in [0.1, 0.15) is 6.42 Å². The summed E-state index contributed by atoms with van der Waals surface area (Å²) in [4.78, 5) is 20.0. The van der Waals surface area contributed by atoms with Crippen molar-refractivity contribution < 1.29 is 19.8 Å². The third-order valence-electron chi connectivity index (χ3n) is 0.634. The Labute approximate surface area is 51.4 Å². The molecule has 0 rings (SSSR count). The maximum atomic E-state index is 10.2. The van der Waals surface area contributed by atoms with Crippen LogP contribution >= 0.6 is 0 Å². The summed E-state index contributed by atoms with van der Waals surface area (Å²) in [5.41, 5.74) is 0. The van der Waals surface area contributed by atoms with Crippen LogP contribution in [-0.4, -0.2) is 22.0 Å². The first-order valence-corrected chi connectivity index (χ1v) is 2.17. The molecule has 0 bridgehead atoms. The average molecular weight is 130 g/mol. The highest BCUT2D eigenvalue weighted by atomic mass is 16.4. The zero-order chi connectivity index (χ0) is 7.44. The molecule has 0 aromatic heterocycles. The van der Waals surface area contributed by atoms with Crippen LogP contribution in [0.5, 0.6) is 0 Å². The fourth-order valence-corrected chi connectivity index (χ4v) is 0.239. The lowest BCUT2D eigenvalue weighted by molar-refractivity contribution is -0.139. The van der Waals surface area contributed by atoms with E-state index < -0.39 is 23.9 Å². The van der Waals surface area contributed by atoms with Crippen LogP contribution in [0.2, 0.25) is 0 Å². The van der Waals surface area contributed by atoms with E-state index in [1.54, 1.807) is 0 Å². The fraction of sp³-hybridized carbons (Fsp3) is 0.200. The fourth-order valence-electron chi connectivity index (χ4n) is 0.239. The molecule has 4 heteroatoms. The highest BCUT2D eigenvalue weighted by molar-refractivity contribution is 6.03. The largest absolute Gasteiger partial charge is 0.505 e. The van der Waals surface area contributed by atoms with Crippen LogP contribution in [0.1, 0.15) is 6.42 Å². The van der Waals surface area contributed by atoms with Crippen LogP contribution in [0.3, 0.4) is 0 Å². The molecule has 0 aromatic rings. The summed E-state index contributed by atoms with van der Waals surface area (Å²) < 4.78 is 0. The lowest BCUT2D eigenvalue weighted by Gasteiger charge is -1.90. The van der Waals surface area contributed by atoms with Gasteiger partial charge in [-0.15, -0.1) is 0 Å². The summed E-state index contributed by atoms with van der Waals surface area (Å²) in [6.07, 6.45) is -0.699. The third kappa shape index (κ3) is 3.28. The van der Waals surface area contributed by atoms with E-state index in [-0.39, 0.29) is 0 Å². The molecular weight excluding hydrogens is 124 g/mol. The number of hydrogen-bond donors (Lipinski definition) is 2. The first kappa shape index (κ1) is 7.68. The predicted octanol–water partition coefficient (Wildman–Crippen LogP) is 0.102. The van der Waals surface area contributed by atoms with Crippen LogP contribution < -0.4 is 0 Å². The van der Waals surface area contributed by atoms with Gasteiger partial charge in [0.25, 0.3) is 0 Å². The highest BCUT2D eigenvalue weighted by Crippen LogP contribution is 1.90. The molecule has 4 nitrogen and oxygen atoms in total. The van der Waals surface area contributed by atoms with Crippen LogP contribution in [0.25, 0.3) is 0 Å². The number of ketones is 1. The van der Waals surface area contributed by atoms with Crippen LogP contribution in [-0.2, 0) is 9.59 Å². The van der Waals surface area contributed by atoms with Crippen molar-refractivity contribution in [1.82, 2.24) is 0 Å². The van der Waals surface area contributed by atoms with Crippen molar-refractivity contribution >= 4 is 11.8 Å². The van der Waals surface area contributed by atoms with Crippen molar-refractivity contribution in [3.05, 3.63) is 12.3 Å². The van der Waals surface area contributed by atoms with Crippen molar-refractivity contribution in [2.24, 2.45) is 0 Å². The summed E-state index contributed by atoms with van der Waals surface area (Å²) >= 11 is 0. The van der Waals surface area contributed by atoms with E-state index >= 15 is 0 Å². The molecular formula is C5H6O4. The quantitative estimate of drug-likeness (QED) is 0.323. The number of aliphatic hydroxyl groups is 1. The third-order valence-corrected chi connectivity index (χ3v) is 0.634. The van der Waals surface area contributed by atoms with Gasteiger partial charge in [-0.1, -0.05) is 6.58 Å². The number of carboxylic acids is 1. The second kappa shape index (κ2) is 2.86. The molecule has 0 saturated carbocycles. The Kier molecular flexibility index (Phi) is 2.44. The van der Waals surface area contributed by atoms with Gasteiger partial charge >= 0.3 is 5.97 Å². The van der Waals surface area contributed by atoms with E-state index in [1.165, 1.54) is 0 Å². The summed E-state index contributed by atoms with van der Waals surface area (Å²) in [6, 6.07) is 0. The van der Waals surface area contributed by atoms with Crippen molar-refractivity contribution in [2.45, 2.75) is 6.42 Å². The van der Waals surface area contributed by atoms with Gasteiger partial charge in [0.05, 0.1) is 0 Å². The van der Waals surface area contributed by atoms with Crippen molar-refractivity contribution in [2.75, 3.05) is 0 Å². The standard InChI is InChI=1S/C5H6O4/c1-3(6)4(7)2-5(8)9/h6H,1-2H2,(H,8,9). The SMILES string of the molecule is C=C(O)C(=O)CC(=O)O. The Bertz CT molecular complexity index is 158. The van der Waals surface area contributed by atoms with Gasteiger partial charge in [-0.25, -0.2) is 0 Å². The lowest BCUT2D eigenvalue weighted by Crippen LogP contribution is -2.07. The molecule has 0 atom stereocenters. The van der Waals surface area contributed by atoms with Gasteiger partial charge in [-0.05, 0) is 0 Å². The van der Waals surface area contributed by atoms with Crippen LogP contribution in [0.15, 0.2) is 12.3 Å². The number of carbonyl (C=O) groups excluding carboxylic acids is 1. The maximum Gasteiger partial charge on any atom is 0.311 e. The minimum absolute atomic E-state index is 0.699. The number of aliphatic carboxylic acids is 1. The normalized spacial score (nSPS) is 8.44. The van der Waals surface area contributed by atoms with Gasteiger partial charge < -0.3 is 10.2 Å². The number of rotatable bonds is 3. The first-order chi connectivity index (χ1) is 4.04.